The van der Waals surface area contributed by atoms with Crippen molar-refractivity contribution in [3.8, 4) is 22.8 Å². The van der Waals surface area contributed by atoms with Gasteiger partial charge >= 0.3 is 0 Å². The Morgan fingerprint density at radius 1 is 0.459 bits per heavy atom. The molecule has 6 aromatic rings. The summed E-state index contributed by atoms with van der Waals surface area (Å²) in [5.41, 5.74) is 2.41. The highest BCUT2D eigenvalue weighted by Gasteiger charge is 2.45. The lowest BCUT2D eigenvalue weighted by Gasteiger charge is -2.32. The van der Waals surface area contributed by atoms with Gasteiger partial charge in [-0.3, -0.25) is 19.9 Å². The molecule has 2 aromatic carbocycles. The van der Waals surface area contributed by atoms with Crippen molar-refractivity contribution in [2.24, 2.45) is 0 Å². The average molecular weight is 495 g/mol. The Bertz CT molecular complexity index is 1490. The van der Waals surface area contributed by atoms with E-state index in [1.807, 2.05) is 67.1 Å². The van der Waals surface area contributed by atoms with Gasteiger partial charge in [-0.15, -0.1) is 0 Å². The predicted molar refractivity (Wildman–Crippen MR) is 148 cm³/mol. The first-order chi connectivity index (χ1) is 18.4. The van der Waals surface area contributed by atoms with Gasteiger partial charge in [-0.2, -0.15) is 0 Å². The van der Waals surface area contributed by atoms with Crippen LogP contribution in [0.25, 0.3) is 22.8 Å². The van der Waals surface area contributed by atoms with Gasteiger partial charge < -0.3 is 0 Å². The Hall–Kier alpha value is -4.88. The Morgan fingerprint density at radius 3 is 1.89 bits per heavy atom. The van der Waals surface area contributed by atoms with Gasteiger partial charge in [0.1, 0.15) is 5.69 Å². The maximum absolute atomic E-state index is 5.23. The van der Waals surface area contributed by atoms with E-state index in [9.17, 15) is 0 Å². The van der Waals surface area contributed by atoms with Gasteiger partial charge in [-0.25, -0.2) is 9.97 Å². The Morgan fingerprint density at radius 2 is 1.22 bits per heavy atom. The van der Waals surface area contributed by atoms with E-state index in [2.05, 4.69) is 68.5 Å². The molecule has 0 unspecified atom stereocenters. The normalized spacial score (nSPS) is 11.2. The molecule has 6 nitrogen and oxygen atoms in total. The first-order valence-corrected chi connectivity index (χ1v) is 13.9. The number of rotatable bonds is 6. The van der Waals surface area contributed by atoms with Crippen LogP contribution in [0.3, 0.4) is 0 Å². The second kappa shape index (κ2) is 10.0. The van der Waals surface area contributed by atoms with Crippen LogP contribution in [-0.2, 0) is 0 Å². The fourth-order valence-corrected chi connectivity index (χ4v) is 8.97. The zero-order valence-electron chi connectivity index (χ0n) is 19.9. The van der Waals surface area contributed by atoms with Crippen molar-refractivity contribution >= 4 is 29.1 Å². The summed E-state index contributed by atoms with van der Waals surface area (Å²) in [4.78, 5) is 28.4. The molecule has 7 heteroatoms. The average Bonchev–Trinajstić information content (AvgIpc) is 3.00. The molecule has 0 bridgehead atoms. The van der Waals surface area contributed by atoms with E-state index < -0.39 is 8.07 Å². The highest BCUT2D eigenvalue weighted by molar-refractivity contribution is 7.19. The van der Waals surface area contributed by atoms with Crippen LogP contribution < -0.4 is 21.0 Å². The molecule has 0 aliphatic heterocycles. The molecule has 0 atom stereocenters. The number of hydrogen-bond donors (Lipinski definition) is 0. The molecular weight excluding hydrogens is 472 g/mol. The van der Waals surface area contributed by atoms with Crippen LogP contribution >= 0.6 is 0 Å². The largest absolute Gasteiger partial charge is 0.264 e. The fourth-order valence-electron chi connectivity index (χ4n) is 4.65. The molecule has 0 fully saturated rings. The van der Waals surface area contributed by atoms with Gasteiger partial charge in [0, 0.05) is 41.9 Å². The Balaban J connectivity index is 1.68. The van der Waals surface area contributed by atoms with Crippen molar-refractivity contribution < 1.29 is 0 Å². The second-order valence-corrected chi connectivity index (χ2v) is 12.2. The minimum atomic E-state index is -3.00. The van der Waals surface area contributed by atoms with E-state index in [1.165, 1.54) is 0 Å². The lowest BCUT2D eigenvalue weighted by molar-refractivity contribution is 1.16. The molecule has 0 radical (unpaired) electrons. The van der Waals surface area contributed by atoms with Crippen LogP contribution in [0.5, 0.6) is 0 Å². The topological polar surface area (TPSA) is 77.3 Å². The first kappa shape index (κ1) is 22.6. The van der Waals surface area contributed by atoms with Crippen LogP contribution in [-0.4, -0.2) is 38.0 Å². The van der Waals surface area contributed by atoms with Crippen molar-refractivity contribution in [1.82, 2.24) is 29.9 Å². The monoisotopic (exact) mass is 494 g/mol. The SMILES string of the molecule is c1ccc([Si](c2ccccc2)(c2cncc(-c3cccnc3)n2)c2ccnc(-c3ccccn3)n2)cc1. The maximum atomic E-state index is 5.23. The highest BCUT2D eigenvalue weighted by atomic mass is 28.3. The molecular formula is C30H22N6Si. The molecule has 0 spiro atoms. The van der Waals surface area contributed by atoms with Crippen molar-refractivity contribution in [2.75, 3.05) is 0 Å². The van der Waals surface area contributed by atoms with Gasteiger partial charge in [0.2, 0.25) is 8.07 Å². The lowest BCUT2D eigenvalue weighted by Crippen LogP contribution is -2.76. The summed E-state index contributed by atoms with van der Waals surface area (Å²) in [6, 6.07) is 32.7. The van der Waals surface area contributed by atoms with E-state index in [-0.39, 0.29) is 0 Å². The molecule has 0 N–H and O–H groups in total. The predicted octanol–water partition coefficient (Wildman–Crippen LogP) is 2.77. The van der Waals surface area contributed by atoms with Gasteiger partial charge in [0.05, 0.1) is 17.2 Å². The van der Waals surface area contributed by atoms with Gasteiger partial charge in [0.25, 0.3) is 0 Å². The van der Waals surface area contributed by atoms with Crippen molar-refractivity contribution in [3.63, 3.8) is 0 Å². The second-order valence-electron chi connectivity index (χ2n) is 8.49. The lowest BCUT2D eigenvalue weighted by atomic mass is 10.2. The smallest absolute Gasteiger partial charge is 0.225 e. The molecule has 4 heterocycles. The Kier molecular flexibility index (Phi) is 6.10. The molecule has 0 saturated carbocycles. The number of hydrogen-bond acceptors (Lipinski definition) is 6. The minimum Gasteiger partial charge on any atom is -0.264 e. The molecule has 6 rings (SSSR count). The summed E-state index contributed by atoms with van der Waals surface area (Å²) in [6.07, 6.45) is 10.8. The van der Waals surface area contributed by atoms with Gasteiger partial charge in [-0.05, 0) is 40.7 Å². The van der Waals surface area contributed by atoms with Crippen LogP contribution in [0.4, 0.5) is 0 Å². The minimum absolute atomic E-state index is 0.582. The van der Waals surface area contributed by atoms with Gasteiger partial charge in [0.15, 0.2) is 5.82 Å². The quantitative estimate of drug-likeness (QED) is 0.332. The summed E-state index contributed by atoms with van der Waals surface area (Å²) >= 11 is 0. The van der Waals surface area contributed by atoms with Gasteiger partial charge in [-0.1, -0.05) is 66.7 Å². The zero-order valence-corrected chi connectivity index (χ0v) is 20.9. The fraction of sp³-hybridized carbons (Fsp3) is 0. The van der Waals surface area contributed by atoms with Crippen LogP contribution in [0, 0.1) is 0 Å². The maximum Gasteiger partial charge on any atom is 0.225 e. The van der Waals surface area contributed by atoms with E-state index in [4.69, 9.17) is 9.97 Å². The van der Waals surface area contributed by atoms with Crippen LogP contribution in [0.15, 0.2) is 134 Å². The van der Waals surface area contributed by atoms with Crippen molar-refractivity contribution in [3.05, 3.63) is 134 Å². The van der Waals surface area contributed by atoms with E-state index in [0.29, 0.717) is 5.82 Å². The third-order valence-electron chi connectivity index (χ3n) is 6.32. The van der Waals surface area contributed by atoms with Crippen LogP contribution in [0.1, 0.15) is 0 Å². The highest BCUT2D eigenvalue weighted by Crippen LogP contribution is 2.15. The summed E-state index contributed by atoms with van der Waals surface area (Å²) in [7, 11) is -3.00. The molecule has 176 valence electrons. The van der Waals surface area contributed by atoms with E-state index in [0.717, 1.165) is 38.0 Å². The standard InChI is InChI=1S/C30H22N6Si/c1-3-11-24(12-4-1)37(25-13-5-2-6-14-25,28-16-19-34-30(36-28)26-15-7-8-18-33-26)29-22-32-21-27(35-29)23-10-9-17-31-20-23/h1-22H. The summed E-state index contributed by atoms with van der Waals surface area (Å²) in [5, 5.41) is 4.11. The first-order valence-electron chi connectivity index (χ1n) is 11.9. The van der Waals surface area contributed by atoms with E-state index in [1.54, 1.807) is 18.6 Å². The number of pyridine rings is 2. The summed E-state index contributed by atoms with van der Waals surface area (Å²) in [5.74, 6) is 0.582. The summed E-state index contributed by atoms with van der Waals surface area (Å²) in [6.45, 7) is 0. The molecule has 0 aliphatic carbocycles. The third kappa shape index (κ3) is 4.21. The molecule has 4 aromatic heterocycles. The zero-order chi connectivity index (χ0) is 24.9. The van der Waals surface area contributed by atoms with Crippen LogP contribution in [0.2, 0.25) is 0 Å². The number of benzene rings is 2. The molecule has 0 amide bonds. The van der Waals surface area contributed by atoms with Crippen molar-refractivity contribution in [1.29, 1.82) is 0 Å². The van der Waals surface area contributed by atoms with E-state index >= 15 is 0 Å². The summed E-state index contributed by atoms with van der Waals surface area (Å²) < 4.78 is 0. The molecule has 37 heavy (non-hydrogen) atoms. The molecule has 0 saturated heterocycles. The number of nitrogens with zero attached hydrogens (tertiary/aromatic N) is 6. The van der Waals surface area contributed by atoms with Crippen molar-refractivity contribution in [2.45, 2.75) is 0 Å². The number of aromatic nitrogens is 6. The Labute approximate surface area is 215 Å². The third-order valence-corrected chi connectivity index (χ3v) is 10.8. The molecule has 0 aliphatic rings.